The molecule has 1 heterocycles. The Labute approximate surface area is 185 Å². The fourth-order valence-corrected chi connectivity index (χ4v) is 3.94. The van der Waals surface area contributed by atoms with Crippen LogP contribution in [0, 0.1) is 0 Å². The summed E-state index contributed by atoms with van der Waals surface area (Å²) in [6.45, 7) is 0. The van der Waals surface area contributed by atoms with Crippen molar-refractivity contribution in [3.05, 3.63) is 85.0 Å². The van der Waals surface area contributed by atoms with E-state index >= 15 is 0 Å². The summed E-state index contributed by atoms with van der Waals surface area (Å²) in [6.07, 6.45) is 0. The Balaban J connectivity index is 2.09. The van der Waals surface area contributed by atoms with Crippen LogP contribution in [-0.4, -0.2) is 26.4 Å². The Morgan fingerprint density at radius 2 is 1.70 bits per heavy atom. The molecule has 1 N–H and O–H groups in total. The topological polar surface area (TPSA) is 85.8 Å². The minimum Gasteiger partial charge on any atom is -0.497 e. The Kier molecular flexibility index (Phi) is 6.84. The lowest BCUT2D eigenvalue weighted by Gasteiger charge is -2.12. The number of nitrogens with zero attached hydrogens (tertiary/aromatic N) is 3. The van der Waals surface area contributed by atoms with Gasteiger partial charge < -0.3 is 9.84 Å². The van der Waals surface area contributed by atoms with E-state index < -0.39 is 17.1 Å². The van der Waals surface area contributed by atoms with Crippen molar-refractivity contribution in [3.8, 4) is 11.6 Å². The molecule has 0 saturated heterocycles. The number of thioether (sulfide) groups is 1. The van der Waals surface area contributed by atoms with Gasteiger partial charge in [-0.1, -0.05) is 28.1 Å². The van der Waals surface area contributed by atoms with Gasteiger partial charge in [0.1, 0.15) is 16.4 Å². The standard InChI is InChI=1S/C21H20BrN3O4S/c1-24-19(26)17(20(27)25(2)21(24)28)18(23-15-8-10-16(29-3)11-9-15)30-12-13-4-6-14(22)7-5-13/h4-11,26H,12H2,1-3H3. The van der Waals surface area contributed by atoms with E-state index in [4.69, 9.17) is 4.74 Å². The first-order valence-corrected chi connectivity index (χ1v) is 10.7. The lowest BCUT2D eigenvalue weighted by Crippen LogP contribution is -2.39. The van der Waals surface area contributed by atoms with Crippen LogP contribution < -0.4 is 16.0 Å². The summed E-state index contributed by atoms with van der Waals surface area (Å²) in [5.74, 6) is 0.783. The van der Waals surface area contributed by atoms with E-state index in [0.717, 1.165) is 19.2 Å². The summed E-state index contributed by atoms with van der Waals surface area (Å²) in [5.41, 5.74) is 0.378. The van der Waals surface area contributed by atoms with Crippen molar-refractivity contribution in [1.82, 2.24) is 9.13 Å². The number of hydrogen-bond acceptors (Lipinski definition) is 6. The van der Waals surface area contributed by atoms with Gasteiger partial charge in [0.05, 0.1) is 12.8 Å². The highest BCUT2D eigenvalue weighted by Gasteiger charge is 2.21. The fourth-order valence-electron chi connectivity index (χ4n) is 2.69. The van der Waals surface area contributed by atoms with Gasteiger partial charge in [0.2, 0.25) is 5.88 Å². The van der Waals surface area contributed by atoms with Crippen LogP contribution in [0.15, 0.2) is 67.6 Å². The molecular formula is C21H20BrN3O4S. The number of halogens is 1. The average molecular weight is 490 g/mol. The molecule has 7 nitrogen and oxygen atoms in total. The zero-order valence-corrected chi connectivity index (χ0v) is 19.0. The van der Waals surface area contributed by atoms with E-state index in [1.54, 1.807) is 31.4 Å². The lowest BCUT2D eigenvalue weighted by atomic mass is 10.2. The summed E-state index contributed by atoms with van der Waals surface area (Å²) >= 11 is 4.71. The number of ether oxygens (including phenoxy) is 1. The first-order chi connectivity index (χ1) is 14.3. The maximum absolute atomic E-state index is 12.8. The predicted molar refractivity (Wildman–Crippen MR) is 123 cm³/mol. The molecular weight excluding hydrogens is 470 g/mol. The molecule has 0 radical (unpaired) electrons. The Hall–Kier alpha value is -2.78. The van der Waals surface area contributed by atoms with Crippen LogP contribution in [0.25, 0.3) is 0 Å². The monoisotopic (exact) mass is 489 g/mol. The second-order valence-electron chi connectivity index (χ2n) is 6.43. The van der Waals surface area contributed by atoms with Crippen molar-refractivity contribution in [2.75, 3.05) is 7.11 Å². The average Bonchev–Trinajstić information content (AvgIpc) is 2.76. The van der Waals surface area contributed by atoms with Gasteiger partial charge in [-0.3, -0.25) is 13.9 Å². The SMILES string of the molecule is COc1ccc(N=C(SCc2ccc(Br)cc2)c2c(O)n(C)c(=O)n(C)c2=O)cc1. The van der Waals surface area contributed by atoms with Crippen LogP contribution in [0.4, 0.5) is 5.69 Å². The maximum atomic E-state index is 12.8. The van der Waals surface area contributed by atoms with Crippen molar-refractivity contribution >= 4 is 38.4 Å². The summed E-state index contributed by atoms with van der Waals surface area (Å²) in [5, 5.41) is 10.9. The van der Waals surface area contributed by atoms with Gasteiger partial charge in [-0.2, -0.15) is 0 Å². The van der Waals surface area contributed by atoms with Gasteiger partial charge in [0.15, 0.2) is 0 Å². The predicted octanol–water partition coefficient (Wildman–Crippen LogP) is 3.57. The van der Waals surface area contributed by atoms with Crippen LogP contribution in [0.2, 0.25) is 0 Å². The second-order valence-corrected chi connectivity index (χ2v) is 8.31. The van der Waals surface area contributed by atoms with Crippen molar-refractivity contribution in [1.29, 1.82) is 0 Å². The molecule has 0 aliphatic rings. The minimum absolute atomic E-state index is 0.0162. The van der Waals surface area contributed by atoms with E-state index in [1.165, 1.54) is 25.9 Å². The highest BCUT2D eigenvalue weighted by Crippen LogP contribution is 2.27. The number of hydrogen-bond donors (Lipinski definition) is 1. The van der Waals surface area contributed by atoms with Gasteiger partial charge in [0.25, 0.3) is 5.56 Å². The van der Waals surface area contributed by atoms with E-state index in [-0.39, 0.29) is 5.56 Å². The number of aromatic nitrogens is 2. The second kappa shape index (κ2) is 9.36. The number of aromatic hydroxyl groups is 1. The Morgan fingerprint density at radius 1 is 1.07 bits per heavy atom. The molecule has 30 heavy (non-hydrogen) atoms. The van der Waals surface area contributed by atoms with Crippen LogP contribution >= 0.6 is 27.7 Å². The van der Waals surface area contributed by atoms with Gasteiger partial charge in [-0.05, 0) is 42.0 Å². The summed E-state index contributed by atoms with van der Waals surface area (Å²) in [4.78, 5) is 29.5. The van der Waals surface area contributed by atoms with Crippen molar-refractivity contribution < 1.29 is 9.84 Å². The number of rotatable bonds is 5. The van der Waals surface area contributed by atoms with E-state index in [0.29, 0.717) is 22.2 Å². The number of benzene rings is 2. The van der Waals surface area contributed by atoms with E-state index in [2.05, 4.69) is 20.9 Å². The summed E-state index contributed by atoms with van der Waals surface area (Å²) in [7, 11) is 4.35. The molecule has 0 atom stereocenters. The van der Waals surface area contributed by atoms with Crippen molar-refractivity contribution in [3.63, 3.8) is 0 Å². The molecule has 3 rings (SSSR count). The third-order valence-corrected chi connectivity index (χ3v) is 6.01. The zero-order chi connectivity index (χ0) is 21.8. The smallest absolute Gasteiger partial charge is 0.333 e. The molecule has 9 heteroatoms. The number of methoxy groups -OCH3 is 1. The van der Waals surface area contributed by atoms with E-state index in [1.807, 2.05) is 24.3 Å². The van der Waals surface area contributed by atoms with E-state index in [9.17, 15) is 14.7 Å². The van der Waals surface area contributed by atoms with Crippen LogP contribution in [0.1, 0.15) is 11.1 Å². The van der Waals surface area contributed by atoms with Crippen LogP contribution in [0.3, 0.4) is 0 Å². The van der Waals surface area contributed by atoms with Crippen LogP contribution in [0.5, 0.6) is 11.6 Å². The van der Waals surface area contributed by atoms with Gasteiger partial charge >= 0.3 is 5.69 Å². The maximum Gasteiger partial charge on any atom is 0.333 e. The normalized spacial score (nSPS) is 11.5. The fraction of sp³-hybridized carbons (Fsp3) is 0.190. The molecule has 3 aromatic rings. The highest BCUT2D eigenvalue weighted by molar-refractivity contribution is 9.10. The Bertz CT molecular complexity index is 1200. The van der Waals surface area contributed by atoms with Crippen LogP contribution in [-0.2, 0) is 19.8 Å². The zero-order valence-electron chi connectivity index (χ0n) is 16.6. The lowest BCUT2D eigenvalue weighted by molar-refractivity contribution is 0.410. The molecule has 0 amide bonds. The van der Waals surface area contributed by atoms with Gasteiger partial charge in [0, 0.05) is 24.3 Å². The third-order valence-electron chi connectivity index (χ3n) is 4.44. The highest BCUT2D eigenvalue weighted by atomic mass is 79.9. The van der Waals surface area contributed by atoms with Crippen molar-refractivity contribution in [2.45, 2.75) is 5.75 Å². The molecule has 1 aromatic heterocycles. The summed E-state index contributed by atoms with van der Waals surface area (Å²) in [6, 6.07) is 14.8. The minimum atomic E-state index is -0.608. The summed E-state index contributed by atoms with van der Waals surface area (Å²) < 4.78 is 8.12. The first-order valence-electron chi connectivity index (χ1n) is 8.91. The molecule has 0 aliphatic carbocycles. The first kappa shape index (κ1) is 21.9. The Morgan fingerprint density at radius 3 is 2.30 bits per heavy atom. The molecule has 156 valence electrons. The molecule has 0 saturated carbocycles. The molecule has 0 aliphatic heterocycles. The molecule has 2 aromatic carbocycles. The van der Waals surface area contributed by atoms with Crippen molar-refractivity contribution in [2.24, 2.45) is 19.1 Å². The van der Waals surface area contributed by atoms with Gasteiger partial charge in [-0.15, -0.1) is 11.8 Å². The quantitative estimate of drug-likeness (QED) is 0.437. The number of aliphatic imine (C=N–C) groups is 1. The molecule has 0 bridgehead atoms. The third kappa shape index (κ3) is 4.68. The molecule has 0 fully saturated rings. The largest absolute Gasteiger partial charge is 0.497 e. The molecule has 0 unspecified atom stereocenters. The molecule has 0 spiro atoms. The van der Waals surface area contributed by atoms with Gasteiger partial charge in [-0.25, -0.2) is 9.79 Å².